The van der Waals surface area contributed by atoms with Crippen LogP contribution >= 0.6 is 0 Å². The van der Waals surface area contributed by atoms with Crippen LogP contribution in [0.25, 0.3) is 0 Å². The summed E-state index contributed by atoms with van der Waals surface area (Å²) in [6.45, 7) is -0.203. The zero-order valence-electron chi connectivity index (χ0n) is 15.5. The second-order valence-electron chi connectivity index (χ2n) is 6.64. The van der Waals surface area contributed by atoms with Gasteiger partial charge in [0, 0.05) is 13.0 Å². The van der Waals surface area contributed by atoms with E-state index in [0.717, 1.165) is 0 Å². The van der Waals surface area contributed by atoms with Crippen molar-refractivity contribution in [2.24, 2.45) is 0 Å². The summed E-state index contributed by atoms with van der Waals surface area (Å²) in [4.78, 5) is 23.5. The maximum Gasteiger partial charge on any atom is 0.306 e. The van der Waals surface area contributed by atoms with Crippen LogP contribution in [0.1, 0.15) is 18.4 Å². The smallest absolute Gasteiger partial charge is 0.306 e. The summed E-state index contributed by atoms with van der Waals surface area (Å²) in [6, 6.07) is 4.33. The Morgan fingerprint density at radius 3 is 2.41 bits per heavy atom. The fourth-order valence-corrected chi connectivity index (χ4v) is 2.69. The van der Waals surface area contributed by atoms with Gasteiger partial charge in [-0.15, -0.1) is 0 Å². The van der Waals surface area contributed by atoms with Crippen LogP contribution < -0.4 is 5.32 Å². The van der Waals surface area contributed by atoms with Crippen molar-refractivity contribution in [3.05, 3.63) is 23.8 Å². The molecule has 1 heterocycles. The summed E-state index contributed by atoms with van der Waals surface area (Å²) < 4.78 is 9.75. The van der Waals surface area contributed by atoms with E-state index in [2.05, 4.69) is 5.32 Å². The Labute approximate surface area is 166 Å². The number of benzene rings is 1. The monoisotopic (exact) mass is 415 g/mol. The van der Waals surface area contributed by atoms with Crippen molar-refractivity contribution < 1.29 is 49.7 Å². The number of carbonyl (C=O) groups excluding carboxylic acids is 2. The maximum atomic E-state index is 11.8. The van der Waals surface area contributed by atoms with Gasteiger partial charge in [0.15, 0.2) is 17.8 Å². The van der Waals surface area contributed by atoms with Crippen LogP contribution in [-0.2, 0) is 25.5 Å². The Hall–Kier alpha value is -2.44. The number of phenols is 2. The number of amides is 1. The summed E-state index contributed by atoms with van der Waals surface area (Å²) in [6.07, 6.45) is -7.78. The molecule has 2 rings (SSSR count). The lowest BCUT2D eigenvalue weighted by atomic mass is 9.99. The van der Waals surface area contributed by atoms with Gasteiger partial charge in [0.1, 0.15) is 31.0 Å². The van der Waals surface area contributed by atoms with Crippen molar-refractivity contribution in [3.63, 3.8) is 0 Å². The molecule has 11 heteroatoms. The molecule has 0 spiro atoms. The second-order valence-corrected chi connectivity index (χ2v) is 6.64. The third kappa shape index (κ3) is 6.54. The molecule has 1 amide bonds. The van der Waals surface area contributed by atoms with E-state index in [9.17, 15) is 40.2 Å². The van der Waals surface area contributed by atoms with Crippen molar-refractivity contribution >= 4 is 11.9 Å². The third-order valence-corrected chi connectivity index (χ3v) is 4.43. The molecule has 11 nitrogen and oxygen atoms in total. The Morgan fingerprint density at radius 2 is 1.72 bits per heavy atom. The van der Waals surface area contributed by atoms with E-state index in [-0.39, 0.29) is 30.9 Å². The number of rotatable bonds is 8. The second kappa shape index (κ2) is 10.4. The highest BCUT2D eigenvalue weighted by atomic mass is 16.6. The fourth-order valence-electron chi connectivity index (χ4n) is 2.69. The molecule has 0 aromatic heterocycles. The summed E-state index contributed by atoms with van der Waals surface area (Å²) in [5.74, 6) is -1.62. The van der Waals surface area contributed by atoms with Crippen molar-refractivity contribution in [1.29, 1.82) is 0 Å². The lowest BCUT2D eigenvalue weighted by molar-refractivity contribution is -0.287. The van der Waals surface area contributed by atoms with E-state index in [1.807, 2.05) is 0 Å². The van der Waals surface area contributed by atoms with Crippen LogP contribution in [0, 0.1) is 0 Å². The standard InChI is InChI=1S/C18H25NO10/c20-10-2-1-9(7-11(10)21)5-6-19-13(22)3-4-14(23)28-8-12-15(24)16(25)17(26)18(27)29-12/h1-2,7,12,15-18,20-21,24-27H,3-6,8H2,(H,19,22)/t12-,15+,16+,17-,18?/m1/s1. The molecule has 0 radical (unpaired) electrons. The van der Waals surface area contributed by atoms with Gasteiger partial charge in [-0.25, -0.2) is 0 Å². The molecule has 1 unspecified atom stereocenters. The predicted octanol–water partition coefficient (Wildman–Crippen LogP) is -2.12. The van der Waals surface area contributed by atoms with E-state index in [1.54, 1.807) is 6.07 Å². The highest BCUT2D eigenvalue weighted by molar-refractivity contribution is 5.81. The zero-order valence-corrected chi connectivity index (χ0v) is 15.5. The highest BCUT2D eigenvalue weighted by Gasteiger charge is 2.43. The number of aliphatic hydroxyl groups is 4. The highest BCUT2D eigenvalue weighted by Crippen LogP contribution is 2.24. The number of phenolic OH excluding ortho intramolecular Hbond substituents is 2. The largest absolute Gasteiger partial charge is 0.504 e. The van der Waals surface area contributed by atoms with Gasteiger partial charge in [0.05, 0.1) is 6.42 Å². The van der Waals surface area contributed by atoms with E-state index < -0.39 is 49.2 Å². The van der Waals surface area contributed by atoms with E-state index in [1.165, 1.54) is 12.1 Å². The molecule has 5 atom stereocenters. The van der Waals surface area contributed by atoms with Crippen LogP contribution in [-0.4, -0.2) is 86.4 Å². The van der Waals surface area contributed by atoms with E-state index >= 15 is 0 Å². The van der Waals surface area contributed by atoms with Gasteiger partial charge < -0.3 is 45.4 Å². The van der Waals surface area contributed by atoms with Gasteiger partial charge in [0.2, 0.25) is 5.91 Å². The Bertz CT molecular complexity index is 712. The van der Waals surface area contributed by atoms with Gasteiger partial charge in [0.25, 0.3) is 0 Å². The first-order valence-electron chi connectivity index (χ1n) is 9.00. The van der Waals surface area contributed by atoms with Crippen molar-refractivity contribution in [1.82, 2.24) is 5.32 Å². The van der Waals surface area contributed by atoms with Gasteiger partial charge in [-0.3, -0.25) is 9.59 Å². The minimum Gasteiger partial charge on any atom is -0.504 e. The summed E-state index contributed by atoms with van der Waals surface area (Å²) in [7, 11) is 0. The molecule has 1 fully saturated rings. The number of hydrogen-bond acceptors (Lipinski definition) is 10. The average molecular weight is 415 g/mol. The molecule has 29 heavy (non-hydrogen) atoms. The number of hydrogen-bond donors (Lipinski definition) is 7. The van der Waals surface area contributed by atoms with Crippen LogP contribution in [0.3, 0.4) is 0 Å². The first kappa shape index (κ1) is 22.8. The first-order valence-corrected chi connectivity index (χ1v) is 9.00. The predicted molar refractivity (Wildman–Crippen MR) is 95.6 cm³/mol. The van der Waals surface area contributed by atoms with Crippen molar-refractivity contribution in [3.8, 4) is 11.5 Å². The quantitative estimate of drug-likeness (QED) is 0.183. The van der Waals surface area contributed by atoms with Crippen molar-refractivity contribution in [2.75, 3.05) is 13.2 Å². The molecule has 0 aliphatic carbocycles. The lowest BCUT2D eigenvalue weighted by Crippen LogP contribution is -2.58. The summed E-state index contributed by atoms with van der Waals surface area (Å²) in [5, 5.41) is 59.3. The van der Waals surface area contributed by atoms with Gasteiger partial charge in [-0.05, 0) is 24.1 Å². The van der Waals surface area contributed by atoms with Gasteiger partial charge in [-0.2, -0.15) is 0 Å². The minimum atomic E-state index is -1.72. The SMILES string of the molecule is O=C(CCC(=O)OC[C@H]1OC(O)[C@H](O)[C@@H](O)[C@H]1O)NCCc1ccc(O)c(O)c1. The molecular formula is C18H25NO10. The lowest BCUT2D eigenvalue weighted by Gasteiger charge is -2.37. The summed E-state index contributed by atoms with van der Waals surface area (Å²) >= 11 is 0. The molecule has 1 aliphatic rings. The molecule has 0 bridgehead atoms. The normalized spacial score (nSPS) is 26.7. The molecule has 1 aromatic rings. The van der Waals surface area contributed by atoms with Crippen LogP contribution in [0.4, 0.5) is 0 Å². The molecular weight excluding hydrogens is 390 g/mol. The number of nitrogens with one attached hydrogen (secondary N) is 1. The van der Waals surface area contributed by atoms with Crippen LogP contribution in [0.5, 0.6) is 11.5 Å². The summed E-state index contributed by atoms with van der Waals surface area (Å²) in [5.41, 5.74) is 0.709. The Balaban J connectivity index is 1.64. The minimum absolute atomic E-state index is 0.141. The molecule has 1 aliphatic heterocycles. The molecule has 7 N–H and O–H groups in total. The van der Waals surface area contributed by atoms with Crippen LogP contribution in [0.2, 0.25) is 0 Å². The number of aromatic hydroxyl groups is 2. The van der Waals surface area contributed by atoms with Crippen LogP contribution in [0.15, 0.2) is 18.2 Å². The number of esters is 1. The Kier molecular flexibility index (Phi) is 8.17. The van der Waals surface area contributed by atoms with E-state index in [4.69, 9.17) is 9.47 Å². The molecule has 162 valence electrons. The molecule has 0 saturated carbocycles. The Morgan fingerprint density at radius 1 is 1.00 bits per heavy atom. The fraction of sp³-hybridized carbons (Fsp3) is 0.556. The van der Waals surface area contributed by atoms with Gasteiger partial charge >= 0.3 is 5.97 Å². The third-order valence-electron chi connectivity index (χ3n) is 4.43. The number of ether oxygens (including phenoxy) is 2. The molecule has 1 saturated heterocycles. The average Bonchev–Trinajstić information content (AvgIpc) is 2.69. The number of carbonyl (C=O) groups is 2. The van der Waals surface area contributed by atoms with Gasteiger partial charge in [-0.1, -0.05) is 6.07 Å². The zero-order chi connectivity index (χ0) is 21.6. The topological polar surface area (TPSA) is 186 Å². The molecule has 1 aromatic carbocycles. The first-order chi connectivity index (χ1) is 13.7. The van der Waals surface area contributed by atoms with Crippen molar-refractivity contribution in [2.45, 2.75) is 50.0 Å². The number of aliphatic hydroxyl groups excluding tert-OH is 4. The maximum absolute atomic E-state index is 11.8. The van der Waals surface area contributed by atoms with E-state index in [0.29, 0.717) is 12.0 Å².